The van der Waals surface area contributed by atoms with Gasteiger partial charge in [0.1, 0.15) is 19.0 Å². The van der Waals surface area contributed by atoms with Crippen LogP contribution in [0.5, 0.6) is 5.75 Å². The van der Waals surface area contributed by atoms with Crippen molar-refractivity contribution in [3.05, 3.63) is 30.3 Å². The summed E-state index contributed by atoms with van der Waals surface area (Å²) in [5.41, 5.74) is 0. The van der Waals surface area contributed by atoms with Crippen molar-refractivity contribution in [3.63, 3.8) is 0 Å². The quantitative estimate of drug-likeness (QED) is 0.246. The third kappa shape index (κ3) is 16.5. The zero-order valence-corrected chi connectivity index (χ0v) is 16.5. The number of hydrogen-bond donors (Lipinski definition) is 0. The minimum Gasteiger partial charge on any atom is -0.491 e. The van der Waals surface area contributed by atoms with Crippen molar-refractivity contribution in [2.45, 2.75) is 0 Å². The number of para-hydroxylation sites is 1. The second kappa shape index (κ2) is 20.1. The van der Waals surface area contributed by atoms with Gasteiger partial charge in [0.2, 0.25) is 0 Å². The molecule has 0 saturated carbocycles. The van der Waals surface area contributed by atoms with Crippen LogP contribution in [0.3, 0.4) is 0 Å². The van der Waals surface area contributed by atoms with E-state index < -0.39 is 0 Å². The summed E-state index contributed by atoms with van der Waals surface area (Å²) < 4.78 is 37.6. The number of rotatable bonds is 20. The molecule has 0 aliphatic heterocycles. The molecule has 1 rings (SSSR count). The maximum Gasteiger partial charge on any atom is 0.119 e. The lowest BCUT2D eigenvalue weighted by Gasteiger charge is -2.08. The maximum atomic E-state index is 5.52. The van der Waals surface area contributed by atoms with Gasteiger partial charge in [-0.3, -0.25) is 0 Å². The van der Waals surface area contributed by atoms with E-state index in [1.165, 1.54) is 0 Å². The molecule has 0 N–H and O–H groups in total. The molecule has 0 atom stereocenters. The molecular formula is C21H32O7. The summed E-state index contributed by atoms with van der Waals surface area (Å²) in [6.07, 6.45) is 5.06. The van der Waals surface area contributed by atoms with Gasteiger partial charge in [-0.05, 0) is 12.1 Å². The topological polar surface area (TPSA) is 64.6 Å². The summed E-state index contributed by atoms with van der Waals surface area (Å²) in [5, 5.41) is 0. The van der Waals surface area contributed by atoms with Gasteiger partial charge in [-0.25, -0.2) is 0 Å². The highest BCUT2D eigenvalue weighted by molar-refractivity contribution is 5.20. The molecular weight excluding hydrogens is 364 g/mol. The molecule has 0 radical (unpaired) electrons. The summed E-state index contributed by atoms with van der Waals surface area (Å²) >= 11 is 0. The second-order valence-electron chi connectivity index (χ2n) is 5.48. The molecule has 7 nitrogen and oxygen atoms in total. The first-order chi connectivity index (χ1) is 13.9. The lowest BCUT2D eigenvalue weighted by Crippen LogP contribution is -2.14. The summed E-state index contributed by atoms with van der Waals surface area (Å²) in [4.78, 5) is 0. The summed E-state index contributed by atoms with van der Waals surface area (Å²) in [6.45, 7) is 6.64. The van der Waals surface area contributed by atoms with E-state index in [0.29, 0.717) is 85.9 Å². The average Bonchev–Trinajstić information content (AvgIpc) is 2.73. The Labute approximate surface area is 168 Å². The number of ether oxygens (including phenoxy) is 7. The summed E-state index contributed by atoms with van der Waals surface area (Å²) in [5.74, 6) is 3.24. The Bertz CT molecular complexity index is 475. The second-order valence-corrected chi connectivity index (χ2v) is 5.48. The Morgan fingerprint density at radius 3 is 1.36 bits per heavy atom. The molecule has 0 saturated heterocycles. The van der Waals surface area contributed by atoms with E-state index in [2.05, 4.69) is 5.92 Å². The van der Waals surface area contributed by atoms with Gasteiger partial charge < -0.3 is 33.2 Å². The highest BCUT2D eigenvalue weighted by Gasteiger charge is 1.95. The van der Waals surface area contributed by atoms with Crippen LogP contribution >= 0.6 is 0 Å². The van der Waals surface area contributed by atoms with E-state index in [-0.39, 0.29) is 0 Å². The molecule has 0 heterocycles. The third-order valence-corrected chi connectivity index (χ3v) is 3.29. The van der Waals surface area contributed by atoms with Crippen molar-refractivity contribution in [2.75, 3.05) is 85.9 Å². The van der Waals surface area contributed by atoms with E-state index >= 15 is 0 Å². The number of terminal acetylenes is 1. The van der Waals surface area contributed by atoms with Gasteiger partial charge >= 0.3 is 0 Å². The standard InChI is InChI=1S/C21H32O7/c1-2-8-22-9-10-23-11-12-24-13-14-25-15-16-26-17-18-27-19-20-28-21-6-4-3-5-7-21/h1,3-7H,8-20H2. The van der Waals surface area contributed by atoms with Gasteiger partial charge in [0.25, 0.3) is 0 Å². The van der Waals surface area contributed by atoms with Gasteiger partial charge in [0, 0.05) is 0 Å². The fourth-order valence-electron chi connectivity index (χ4n) is 1.97. The summed E-state index contributed by atoms with van der Waals surface area (Å²) in [6, 6.07) is 9.67. The third-order valence-electron chi connectivity index (χ3n) is 3.29. The van der Waals surface area contributed by atoms with Gasteiger partial charge in [-0.15, -0.1) is 6.42 Å². The lowest BCUT2D eigenvalue weighted by molar-refractivity contribution is -0.0167. The van der Waals surface area contributed by atoms with E-state index in [4.69, 9.17) is 39.6 Å². The fraction of sp³-hybridized carbons (Fsp3) is 0.619. The van der Waals surface area contributed by atoms with Crippen molar-refractivity contribution in [2.24, 2.45) is 0 Å². The zero-order chi connectivity index (χ0) is 20.0. The van der Waals surface area contributed by atoms with Crippen LogP contribution < -0.4 is 4.74 Å². The molecule has 0 aromatic heterocycles. The van der Waals surface area contributed by atoms with Crippen LogP contribution in [0.4, 0.5) is 0 Å². The minimum absolute atomic E-state index is 0.317. The Kier molecular flexibility index (Phi) is 17.5. The molecule has 28 heavy (non-hydrogen) atoms. The van der Waals surface area contributed by atoms with Crippen molar-refractivity contribution >= 4 is 0 Å². The molecule has 158 valence electrons. The van der Waals surface area contributed by atoms with E-state index in [1.807, 2.05) is 30.3 Å². The maximum absolute atomic E-state index is 5.52. The predicted octanol–water partition coefficient (Wildman–Crippen LogP) is 1.80. The highest BCUT2D eigenvalue weighted by Crippen LogP contribution is 2.07. The first kappa shape index (κ1) is 24.4. The van der Waals surface area contributed by atoms with Crippen molar-refractivity contribution in [1.29, 1.82) is 0 Å². The largest absolute Gasteiger partial charge is 0.491 e. The van der Waals surface area contributed by atoms with Crippen molar-refractivity contribution in [3.8, 4) is 18.1 Å². The van der Waals surface area contributed by atoms with Crippen LogP contribution in [0, 0.1) is 12.3 Å². The number of benzene rings is 1. The SMILES string of the molecule is C#CCOCCOCCOCCOCCOCCOCCOc1ccccc1. The smallest absolute Gasteiger partial charge is 0.119 e. The van der Waals surface area contributed by atoms with Crippen LogP contribution in [0.1, 0.15) is 0 Å². The monoisotopic (exact) mass is 396 g/mol. The van der Waals surface area contributed by atoms with Crippen LogP contribution in [0.15, 0.2) is 30.3 Å². The van der Waals surface area contributed by atoms with Gasteiger partial charge in [0.15, 0.2) is 0 Å². The Morgan fingerprint density at radius 1 is 0.536 bits per heavy atom. The molecule has 0 aliphatic rings. The van der Waals surface area contributed by atoms with Gasteiger partial charge in [0.05, 0.1) is 72.7 Å². The molecule has 0 spiro atoms. The minimum atomic E-state index is 0.317. The zero-order valence-electron chi connectivity index (χ0n) is 16.5. The molecule has 1 aromatic rings. The molecule has 0 aliphatic carbocycles. The molecule has 7 heteroatoms. The van der Waals surface area contributed by atoms with Gasteiger partial charge in [-0.2, -0.15) is 0 Å². The van der Waals surface area contributed by atoms with Crippen LogP contribution in [-0.4, -0.2) is 85.9 Å². The summed E-state index contributed by atoms with van der Waals surface area (Å²) in [7, 11) is 0. The van der Waals surface area contributed by atoms with Crippen molar-refractivity contribution in [1.82, 2.24) is 0 Å². The van der Waals surface area contributed by atoms with Crippen LogP contribution in [0.2, 0.25) is 0 Å². The number of hydrogen-bond acceptors (Lipinski definition) is 7. The highest BCUT2D eigenvalue weighted by atomic mass is 16.6. The normalized spacial score (nSPS) is 10.7. The van der Waals surface area contributed by atoms with Crippen LogP contribution in [-0.2, 0) is 28.4 Å². The predicted molar refractivity (Wildman–Crippen MR) is 106 cm³/mol. The Balaban J connectivity index is 1.67. The molecule has 0 fully saturated rings. The van der Waals surface area contributed by atoms with Crippen LogP contribution in [0.25, 0.3) is 0 Å². The van der Waals surface area contributed by atoms with Gasteiger partial charge in [-0.1, -0.05) is 24.1 Å². The molecule has 0 bridgehead atoms. The molecule has 1 aromatic carbocycles. The van der Waals surface area contributed by atoms with E-state index in [1.54, 1.807) is 0 Å². The lowest BCUT2D eigenvalue weighted by atomic mass is 10.3. The Hall–Kier alpha value is -1.66. The Morgan fingerprint density at radius 2 is 0.929 bits per heavy atom. The van der Waals surface area contributed by atoms with E-state index in [9.17, 15) is 0 Å². The first-order valence-electron chi connectivity index (χ1n) is 9.51. The van der Waals surface area contributed by atoms with E-state index in [0.717, 1.165) is 5.75 Å². The fourth-order valence-corrected chi connectivity index (χ4v) is 1.97. The molecule has 0 unspecified atom stereocenters. The molecule has 0 amide bonds. The average molecular weight is 396 g/mol. The van der Waals surface area contributed by atoms with Crippen molar-refractivity contribution < 1.29 is 33.2 Å². The first-order valence-corrected chi connectivity index (χ1v) is 9.51.